The van der Waals surface area contributed by atoms with E-state index in [0.717, 1.165) is 13.2 Å². The molecule has 0 aliphatic carbocycles. The fourth-order valence-corrected chi connectivity index (χ4v) is 1.88. The molecule has 2 rings (SSSR count). The Balaban J connectivity index is 2.16. The summed E-state index contributed by atoms with van der Waals surface area (Å²) < 4.78 is 5.35. The van der Waals surface area contributed by atoms with Gasteiger partial charge in [-0.2, -0.15) is 0 Å². The molecule has 0 saturated carbocycles. The van der Waals surface area contributed by atoms with Gasteiger partial charge >= 0.3 is 0 Å². The van der Waals surface area contributed by atoms with Crippen molar-refractivity contribution >= 4 is 5.69 Å². The van der Waals surface area contributed by atoms with Crippen LogP contribution in [0.15, 0.2) is 24.3 Å². The van der Waals surface area contributed by atoms with Gasteiger partial charge < -0.3 is 14.7 Å². The van der Waals surface area contributed by atoms with Crippen molar-refractivity contribution in [2.24, 2.45) is 0 Å². The van der Waals surface area contributed by atoms with Crippen molar-refractivity contribution in [2.75, 3.05) is 31.3 Å². The van der Waals surface area contributed by atoms with E-state index in [1.807, 2.05) is 0 Å². The molecule has 3 nitrogen and oxygen atoms in total. The minimum absolute atomic E-state index is 0.0986. The number of rotatable bonds is 2. The molecule has 82 valence electrons. The van der Waals surface area contributed by atoms with Gasteiger partial charge in [0, 0.05) is 12.2 Å². The van der Waals surface area contributed by atoms with Crippen molar-refractivity contribution in [3.05, 3.63) is 29.8 Å². The number of hydrogen-bond acceptors (Lipinski definition) is 3. The molecular weight excluding hydrogens is 190 g/mol. The zero-order valence-corrected chi connectivity index (χ0v) is 9.02. The Hall–Kier alpha value is -1.06. The largest absolute Gasteiger partial charge is 0.394 e. The van der Waals surface area contributed by atoms with E-state index in [2.05, 4.69) is 36.1 Å². The van der Waals surface area contributed by atoms with E-state index >= 15 is 0 Å². The van der Waals surface area contributed by atoms with Crippen molar-refractivity contribution in [1.29, 1.82) is 0 Å². The van der Waals surface area contributed by atoms with Crippen LogP contribution in [0, 0.1) is 6.92 Å². The lowest BCUT2D eigenvalue weighted by Crippen LogP contribution is -2.47. The van der Waals surface area contributed by atoms with E-state index in [9.17, 15) is 5.11 Å². The smallest absolute Gasteiger partial charge is 0.0755 e. The van der Waals surface area contributed by atoms with Crippen LogP contribution in [0.1, 0.15) is 5.56 Å². The third-order valence-corrected chi connectivity index (χ3v) is 2.80. The van der Waals surface area contributed by atoms with Gasteiger partial charge in [-0.1, -0.05) is 17.7 Å². The van der Waals surface area contributed by atoms with Gasteiger partial charge in [0.25, 0.3) is 0 Å². The molecule has 0 amide bonds. The average molecular weight is 207 g/mol. The SMILES string of the molecule is Cc1ccc(N2CCOC[C@@H]2CO)cc1. The first-order chi connectivity index (χ1) is 7.31. The van der Waals surface area contributed by atoms with Crippen LogP contribution in [0.2, 0.25) is 0 Å². The number of aryl methyl sites for hydroxylation is 1. The molecular formula is C12H17NO2. The second-order valence-electron chi connectivity index (χ2n) is 3.94. The number of hydrogen-bond donors (Lipinski definition) is 1. The predicted octanol–water partition coefficient (Wildman–Crippen LogP) is 1.19. The fraction of sp³-hybridized carbons (Fsp3) is 0.500. The first-order valence-electron chi connectivity index (χ1n) is 5.33. The quantitative estimate of drug-likeness (QED) is 0.790. The molecule has 0 unspecified atom stereocenters. The standard InChI is InChI=1S/C12H17NO2/c1-10-2-4-11(5-3-10)13-6-7-15-9-12(13)8-14/h2-5,12,14H,6-9H2,1H3/t12-/m0/s1. The van der Waals surface area contributed by atoms with Crippen LogP contribution in [-0.2, 0) is 4.74 Å². The maximum Gasteiger partial charge on any atom is 0.0755 e. The molecule has 0 spiro atoms. The predicted molar refractivity (Wildman–Crippen MR) is 60.2 cm³/mol. The summed E-state index contributed by atoms with van der Waals surface area (Å²) in [5.41, 5.74) is 2.43. The van der Waals surface area contributed by atoms with E-state index in [-0.39, 0.29) is 12.6 Å². The number of ether oxygens (including phenoxy) is 1. The third kappa shape index (κ3) is 2.30. The Morgan fingerprint density at radius 3 is 2.80 bits per heavy atom. The Kier molecular flexibility index (Phi) is 3.23. The van der Waals surface area contributed by atoms with Crippen molar-refractivity contribution in [3.63, 3.8) is 0 Å². The highest BCUT2D eigenvalue weighted by atomic mass is 16.5. The first kappa shape index (κ1) is 10.5. The molecule has 3 heteroatoms. The highest BCUT2D eigenvalue weighted by Gasteiger charge is 2.22. The molecule has 0 radical (unpaired) electrons. The van der Waals surface area contributed by atoms with Gasteiger partial charge in [0.15, 0.2) is 0 Å². The molecule has 1 atom stereocenters. The summed E-state index contributed by atoms with van der Waals surface area (Å²) >= 11 is 0. The van der Waals surface area contributed by atoms with Crippen LogP contribution in [-0.4, -0.2) is 37.5 Å². The van der Waals surface area contributed by atoms with E-state index in [1.165, 1.54) is 11.3 Å². The number of aliphatic hydroxyl groups excluding tert-OH is 1. The van der Waals surface area contributed by atoms with Gasteiger partial charge in [-0.05, 0) is 19.1 Å². The van der Waals surface area contributed by atoms with Crippen LogP contribution in [0.4, 0.5) is 5.69 Å². The Bertz CT molecular complexity index is 310. The van der Waals surface area contributed by atoms with E-state index in [0.29, 0.717) is 6.61 Å². The van der Waals surface area contributed by atoms with Gasteiger partial charge in [0.05, 0.1) is 25.9 Å². The number of benzene rings is 1. The van der Waals surface area contributed by atoms with Gasteiger partial charge in [0.1, 0.15) is 0 Å². The summed E-state index contributed by atoms with van der Waals surface area (Å²) in [7, 11) is 0. The molecule has 1 N–H and O–H groups in total. The molecule has 1 fully saturated rings. The van der Waals surface area contributed by atoms with E-state index in [4.69, 9.17) is 4.74 Å². The fourth-order valence-electron chi connectivity index (χ4n) is 1.88. The zero-order valence-electron chi connectivity index (χ0n) is 9.02. The maximum absolute atomic E-state index is 9.26. The molecule has 1 saturated heterocycles. The lowest BCUT2D eigenvalue weighted by atomic mass is 10.1. The topological polar surface area (TPSA) is 32.7 Å². The van der Waals surface area contributed by atoms with Crippen LogP contribution in [0.25, 0.3) is 0 Å². The second-order valence-corrected chi connectivity index (χ2v) is 3.94. The molecule has 0 aromatic heterocycles. The lowest BCUT2D eigenvalue weighted by Gasteiger charge is -2.36. The molecule has 15 heavy (non-hydrogen) atoms. The summed E-state index contributed by atoms with van der Waals surface area (Å²) in [6.45, 7) is 4.43. The van der Waals surface area contributed by atoms with Crippen LogP contribution < -0.4 is 4.90 Å². The Morgan fingerprint density at radius 1 is 1.40 bits per heavy atom. The van der Waals surface area contributed by atoms with Gasteiger partial charge in [-0.25, -0.2) is 0 Å². The minimum atomic E-state index is 0.0986. The minimum Gasteiger partial charge on any atom is -0.394 e. The van der Waals surface area contributed by atoms with E-state index < -0.39 is 0 Å². The zero-order chi connectivity index (χ0) is 10.7. The van der Waals surface area contributed by atoms with Crippen molar-refractivity contribution in [2.45, 2.75) is 13.0 Å². The number of anilines is 1. The third-order valence-electron chi connectivity index (χ3n) is 2.80. The Morgan fingerprint density at radius 2 is 2.13 bits per heavy atom. The summed E-state index contributed by atoms with van der Waals surface area (Å²) in [4.78, 5) is 2.21. The average Bonchev–Trinajstić information content (AvgIpc) is 2.30. The Labute approximate surface area is 90.3 Å². The second kappa shape index (κ2) is 4.64. The molecule has 1 heterocycles. The molecule has 1 aliphatic heterocycles. The van der Waals surface area contributed by atoms with Crippen molar-refractivity contribution in [1.82, 2.24) is 0 Å². The lowest BCUT2D eigenvalue weighted by molar-refractivity contribution is 0.0727. The van der Waals surface area contributed by atoms with Crippen LogP contribution >= 0.6 is 0 Å². The summed E-state index contributed by atoms with van der Waals surface area (Å²) in [6, 6.07) is 8.49. The summed E-state index contributed by atoms with van der Waals surface area (Å²) in [5.74, 6) is 0. The monoisotopic (exact) mass is 207 g/mol. The van der Waals surface area contributed by atoms with Crippen LogP contribution in [0.3, 0.4) is 0 Å². The van der Waals surface area contributed by atoms with Crippen molar-refractivity contribution < 1.29 is 9.84 Å². The maximum atomic E-state index is 9.26. The first-order valence-corrected chi connectivity index (χ1v) is 5.33. The molecule has 1 aliphatic rings. The molecule has 0 bridgehead atoms. The normalized spacial score (nSPS) is 21.7. The molecule has 1 aromatic rings. The number of aliphatic hydroxyl groups is 1. The number of morpholine rings is 1. The van der Waals surface area contributed by atoms with Gasteiger partial charge in [-0.3, -0.25) is 0 Å². The summed E-state index contributed by atoms with van der Waals surface area (Å²) in [6.07, 6.45) is 0. The van der Waals surface area contributed by atoms with Gasteiger partial charge in [-0.15, -0.1) is 0 Å². The molecule has 1 aromatic carbocycles. The van der Waals surface area contributed by atoms with E-state index in [1.54, 1.807) is 0 Å². The number of nitrogens with zero attached hydrogens (tertiary/aromatic N) is 1. The van der Waals surface area contributed by atoms with Crippen molar-refractivity contribution in [3.8, 4) is 0 Å². The highest BCUT2D eigenvalue weighted by Crippen LogP contribution is 2.19. The van der Waals surface area contributed by atoms with Gasteiger partial charge in [0.2, 0.25) is 0 Å². The highest BCUT2D eigenvalue weighted by molar-refractivity contribution is 5.48. The summed E-state index contributed by atoms with van der Waals surface area (Å²) in [5, 5.41) is 9.26. The van der Waals surface area contributed by atoms with Crippen LogP contribution in [0.5, 0.6) is 0 Å².